The maximum Gasteiger partial charge on any atom is 0.303 e. The smallest absolute Gasteiger partial charge is 0.303 e. The summed E-state index contributed by atoms with van der Waals surface area (Å²) in [6, 6.07) is 0. The van der Waals surface area contributed by atoms with Crippen LogP contribution < -0.4 is 0 Å². The number of carbonyl (C=O) groups is 2. The molecule has 0 fully saturated rings. The number of hydrogen-bond acceptors (Lipinski definition) is 3. The summed E-state index contributed by atoms with van der Waals surface area (Å²) in [5, 5.41) is 8.96. The Bertz CT molecular complexity index is 632. The average molecular weight is 481 g/mol. The minimum atomic E-state index is -1.86. The van der Waals surface area contributed by atoms with Crippen LogP contribution in [-0.4, -0.2) is 31.3 Å². The van der Waals surface area contributed by atoms with Crippen molar-refractivity contribution in [1.82, 2.24) is 0 Å². The van der Waals surface area contributed by atoms with Crippen molar-refractivity contribution in [2.75, 3.05) is 0 Å². The second-order valence-corrected chi connectivity index (χ2v) is 16.5. The Morgan fingerprint density at radius 3 is 2.39 bits per heavy atom. The normalized spacial score (nSPS) is 18.9. The molecule has 0 aromatic heterocycles. The van der Waals surface area contributed by atoms with Crippen LogP contribution in [0, 0.1) is 11.8 Å². The zero-order valence-electron chi connectivity index (χ0n) is 22.7. The minimum absolute atomic E-state index is 0.0772. The van der Waals surface area contributed by atoms with Crippen LogP contribution >= 0.6 is 0 Å². The summed E-state index contributed by atoms with van der Waals surface area (Å²) in [6.45, 7) is 16.2. The molecule has 4 nitrogen and oxygen atoms in total. The number of carbonyl (C=O) groups excluding carboxylic acids is 1. The van der Waals surface area contributed by atoms with Crippen LogP contribution in [0.15, 0.2) is 11.6 Å². The first-order valence-electron chi connectivity index (χ1n) is 13.5. The largest absolute Gasteiger partial charge is 0.481 e. The van der Waals surface area contributed by atoms with Crippen LogP contribution in [0.1, 0.15) is 118 Å². The number of carboxylic acid groups (broad SMARTS) is 1. The Kier molecular flexibility index (Phi) is 13.2. The van der Waals surface area contributed by atoms with Crippen molar-refractivity contribution in [3.05, 3.63) is 11.6 Å². The average Bonchev–Trinajstić information content (AvgIpc) is 3.06. The number of Topliss-reactive ketones (excluding diaryl/α,β-unsaturated/α-hetero) is 1. The number of allylic oxidation sites excluding steroid dienone is 2. The van der Waals surface area contributed by atoms with Gasteiger partial charge in [-0.3, -0.25) is 9.59 Å². The molecule has 0 saturated heterocycles. The molecule has 192 valence electrons. The molecule has 1 rings (SSSR count). The van der Waals surface area contributed by atoms with E-state index in [-0.39, 0.29) is 23.5 Å². The van der Waals surface area contributed by atoms with Gasteiger partial charge in [-0.15, -0.1) is 0 Å². The fraction of sp³-hybridized carbons (Fsp3) is 0.857. The number of hydrogen-bond donors (Lipinski definition) is 1. The molecule has 0 radical (unpaired) electrons. The standard InChI is InChI=1S/C28H52O4Si/c1-8-9-12-15-22(2)26(32-33(6,7)28(3,4)5)21-19-23-18-20-25(29)24(23)16-13-10-11-14-17-27(30)31/h18,22,24,26H,8-17,19-21H2,1-7H3,(H,30,31)/t22?,24-,26+/m1/s1. The number of aliphatic carboxylic acids is 1. The molecule has 0 saturated carbocycles. The lowest BCUT2D eigenvalue weighted by atomic mass is 9.88. The molecule has 5 heteroatoms. The lowest BCUT2D eigenvalue weighted by Gasteiger charge is -2.41. The monoisotopic (exact) mass is 480 g/mol. The highest BCUT2D eigenvalue weighted by molar-refractivity contribution is 6.74. The van der Waals surface area contributed by atoms with Crippen LogP contribution in [0.4, 0.5) is 0 Å². The van der Waals surface area contributed by atoms with E-state index in [0.29, 0.717) is 18.1 Å². The Balaban J connectivity index is 2.68. The van der Waals surface area contributed by atoms with Crippen molar-refractivity contribution >= 4 is 20.1 Å². The maximum atomic E-state index is 12.6. The van der Waals surface area contributed by atoms with Crippen LogP contribution in [0.5, 0.6) is 0 Å². The van der Waals surface area contributed by atoms with Crippen molar-refractivity contribution in [2.24, 2.45) is 11.8 Å². The van der Waals surface area contributed by atoms with E-state index in [1.165, 1.54) is 31.3 Å². The number of rotatable bonds is 17. The Morgan fingerprint density at radius 2 is 1.79 bits per heavy atom. The van der Waals surface area contributed by atoms with Gasteiger partial charge >= 0.3 is 5.97 Å². The molecule has 1 N–H and O–H groups in total. The van der Waals surface area contributed by atoms with Crippen molar-refractivity contribution in [2.45, 2.75) is 142 Å². The number of carboxylic acids is 1. The molecule has 1 aliphatic carbocycles. The summed E-state index contributed by atoms with van der Waals surface area (Å²) in [6.07, 6.45) is 14.9. The van der Waals surface area contributed by atoms with Crippen molar-refractivity contribution < 1.29 is 19.1 Å². The lowest BCUT2D eigenvalue weighted by Crippen LogP contribution is -2.45. The molecule has 3 atom stereocenters. The van der Waals surface area contributed by atoms with Gasteiger partial charge in [-0.1, -0.05) is 84.8 Å². The Labute approximate surface area is 205 Å². The van der Waals surface area contributed by atoms with Crippen molar-refractivity contribution in [1.29, 1.82) is 0 Å². The van der Waals surface area contributed by atoms with Gasteiger partial charge in [0.25, 0.3) is 0 Å². The first-order chi connectivity index (χ1) is 15.4. The highest BCUT2D eigenvalue weighted by Gasteiger charge is 2.40. The first-order valence-corrected chi connectivity index (χ1v) is 16.4. The quantitative estimate of drug-likeness (QED) is 0.129. The summed E-state index contributed by atoms with van der Waals surface area (Å²) >= 11 is 0. The molecule has 0 heterocycles. The molecule has 0 amide bonds. The van der Waals surface area contributed by atoms with E-state index in [1.54, 1.807) is 0 Å². The Hall–Kier alpha value is -0.943. The molecular weight excluding hydrogens is 428 g/mol. The summed E-state index contributed by atoms with van der Waals surface area (Å²) in [4.78, 5) is 23.2. The SMILES string of the molecule is CCCCCC(C)[C@H](CCC1=CCC(=O)[C@@H]1CCCCCCC(=O)O)O[Si](C)(C)C(C)(C)C. The van der Waals surface area contributed by atoms with E-state index in [2.05, 4.69) is 53.8 Å². The van der Waals surface area contributed by atoms with Gasteiger partial charge in [0.15, 0.2) is 8.32 Å². The molecule has 0 spiro atoms. The molecule has 33 heavy (non-hydrogen) atoms. The number of ketones is 1. The van der Waals surface area contributed by atoms with E-state index in [1.807, 2.05) is 0 Å². The zero-order chi connectivity index (χ0) is 25.1. The van der Waals surface area contributed by atoms with Gasteiger partial charge in [0.1, 0.15) is 5.78 Å². The third-order valence-electron chi connectivity index (χ3n) is 7.90. The van der Waals surface area contributed by atoms with Crippen molar-refractivity contribution in [3.63, 3.8) is 0 Å². The van der Waals surface area contributed by atoms with Gasteiger partial charge in [0, 0.05) is 24.9 Å². The van der Waals surface area contributed by atoms with Gasteiger partial charge in [-0.25, -0.2) is 0 Å². The zero-order valence-corrected chi connectivity index (χ0v) is 23.7. The molecular formula is C28H52O4Si. The minimum Gasteiger partial charge on any atom is -0.481 e. The van der Waals surface area contributed by atoms with Gasteiger partial charge in [0.2, 0.25) is 0 Å². The predicted molar refractivity (Wildman–Crippen MR) is 141 cm³/mol. The highest BCUT2D eigenvalue weighted by atomic mass is 28.4. The second kappa shape index (κ2) is 14.5. The van der Waals surface area contributed by atoms with E-state index in [9.17, 15) is 9.59 Å². The third-order valence-corrected chi connectivity index (χ3v) is 12.4. The fourth-order valence-corrected chi connectivity index (χ4v) is 6.01. The van der Waals surface area contributed by atoms with Gasteiger partial charge in [-0.05, 0) is 56.2 Å². The molecule has 0 aromatic rings. The van der Waals surface area contributed by atoms with Gasteiger partial charge in [-0.2, -0.15) is 0 Å². The molecule has 1 aliphatic rings. The summed E-state index contributed by atoms with van der Waals surface area (Å²) in [7, 11) is -1.86. The summed E-state index contributed by atoms with van der Waals surface area (Å²) < 4.78 is 6.94. The third kappa shape index (κ3) is 10.9. The van der Waals surface area contributed by atoms with Crippen LogP contribution in [0.3, 0.4) is 0 Å². The topological polar surface area (TPSA) is 63.6 Å². The van der Waals surface area contributed by atoms with Gasteiger partial charge in [0.05, 0.1) is 0 Å². The Morgan fingerprint density at radius 1 is 1.12 bits per heavy atom. The van der Waals surface area contributed by atoms with E-state index >= 15 is 0 Å². The number of unbranched alkanes of at least 4 members (excludes halogenated alkanes) is 5. The van der Waals surface area contributed by atoms with Crippen LogP contribution in [-0.2, 0) is 14.0 Å². The first kappa shape index (κ1) is 30.1. The van der Waals surface area contributed by atoms with E-state index < -0.39 is 14.3 Å². The highest BCUT2D eigenvalue weighted by Crippen LogP contribution is 2.40. The van der Waals surface area contributed by atoms with Gasteiger partial charge < -0.3 is 9.53 Å². The van der Waals surface area contributed by atoms with Crippen molar-refractivity contribution in [3.8, 4) is 0 Å². The lowest BCUT2D eigenvalue weighted by molar-refractivity contribution is -0.137. The van der Waals surface area contributed by atoms with E-state index in [0.717, 1.165) is 44.9 Å². The fourth-order valence-electron chi connectivity index (χ4n) is 4.55. The molecule has 0 aliphatic heterocycles. The second-order valence-electron chi connectivity index (χ2n) is 11.8. The van der Waals surface area contributed by atoms with Crippen LogP contribution in [0.2, 0.25) is 18.1 Å². The summed E-state index contributed by atoms with van der Waals surface area (Å²) in [5.74, 6) is 0.266. The maximum absolute atomic E-state index is 12.6. The predicted octanol–water partition coefficient (Wildman–Crippen LogP) is 8.31. The molecule has 1 unspecified atom stereocenters. The van der Waals surface area contributed by atoms with Crippen LogP contribution in [0.25, 0.3) is 0 Å². The summed E-state index contributed by atoms with van der Waals surface area (Å²) in [5.41, 5.74) is 1.33. The molecule has 0 bridgehead atoms. The van der Waals surface area contributed by atoms with E-state index in [4.69, 9.17) is 9.53 Å². The molecule has 0 aromatic carbocycles.